The fraction of sp³-hybridized carbons (Fsp3) is 1.00. The van der Waals surface area contributed by atoms with Crippen molar-refractivity contribution in [3.8, 4) is 0 Å². The molecule has 1 aliphatic heterocycles. The summed E-state index contributed by atoms with van der Waals surface area (Å²) in [5.41, 5.74) is 0. The molecule has 0 saturated carbocycles. The van der Waals surface area contributed by atoms with Gasteiger partial charge < -0.3 is 5.32 Å². The van der Waals surface area contributed by atoms with Crippen LogP contribution in [-0.2, 0) is 0 Å². The maximum Gasteiger partial charge on any atom is 0.0256 e. The highest BCUT2D eigenvalue weighted by Crippen LogP contribution is 2.36. The van der Waals surface area contributed by atoms with Gasteiger partial charge in [0.2, 0.25) is 0 Å². The minimum absolute atomic E-state index is 0.532. The predicted octanol–water partition coefficient (Wildman–Crippen LogP) is 2.27. The van der Waals surface area contributed by atoms with Crippen molar-refractivity contribution in [2.75, 3.05) is 12.3 Å². The Bertz CT molecular complexity index is 117. The number of hydrogen-bond acceptors (Lipinski definition) is 2. The Kier molecular flexibility index (Phi) is 3.26. The van der Waals surface area contributed by atoms with Gasteiger partial charge in [-0.15, -0.1) is 0 Å². The first-order valence-electron chi connectivity index (χ1n) is 4.50. The maximum atomic E-state index is 3.51. The van der Waals surface area contributed by atoms with E-state index in [4.69, 9.17) is 0 Å². The van der Waals surface area contributed by atoms with Gasteiger partial charge in [-0.05, 0) is 25.5 Å². The van der Waals surface area contributed by atoms with Crippen molar-refractivity contribution in [3.05, 3.63) is 0 Å². The van der Waals surface area contributed by atoms with Gasteiger partial charge in [-0.3, -0.25) is 0 Å². The molecule has 11 heavy (non-hydrogen) atoms. The van der Waals surface area contributed by atoms with E-state index in [1.807, 2.05) is 0 Å². The lowest BCUT2D eigenvalue weighted by atomic mass is 10.1. The van der Waals surface area contributed by atoms with Crippen LogP contribution in [0.25, 0.3) is 0 Å². The third-order valence-electron chi connectivity index (χ3n) is 2.18. The average molecular weight is 173 g/mol. The largest absolute Gasteiger partial charge is 0.313 e. The summed E-state index contributed by atoms with van der Waals surface area (Å²) >= 11 is 2.12. The Balaban J connectivity index is 2.23. The van der Waals surface area contributed by atoms with Crippen molar-refractivity contribution in [1.29, 1.82) is 0 Å². The van der Waals surface area contributed by atoms with Crippen molar-refractivity contribution >= 4 is 11.8 Å². The van der Waals surface area contributed by atoms with Crippen molar-refractivity contribution in [2.45, 2.75) is 44.4 Å². The SMILES string of the molecule is CC(C)NCC1(C)CCCS1. The van der Waals surface area contributed by atoms with E-state index in [0.717, 1.165) is 0 Å². The van der Waals surface area contributed by atoms with Gasteiger partial charge in [0.05, 0.1) is 0 Å². The fourth-order valence-electron chi connectivity index (χ4n) is 1.40. The summed E-state index contributed by atoms with van der Waals surface area (Å²) in [6.07, 6.45) is 2.79. The summed E-state index contributed by atoms with van der Waals surface area (Å²) < 4.78 is 0.532. The molecule has 1 heterocycles. The zero-order valence-corrected chi connectivity index (χ0v) is 8.63. The average Bonchev–Trinajstić information content (AvgIpc) is 2.33. The fourth-order valence-corrected chi connectivity index (χ4v) is 2.65. The minimum Gasteiger partial charge on any atom is -0.313 e. The second-order valence-corrected chi connectivity index (χ2v) is 5.62. The van der Waals surface area contributed by atoms with Crippen LogP contribution >= 0.6 is 11.8 Å². The molecule has 1 N–H and O–H groups in total. The van der Waals surface area contributed by atoms with Gasteiger partial charge in [0.25, 0.3) is 0 Å². The molecule has 1 nitrogen and oxygen atoms in total. The van der Waals surface area contributed by atoms with Crippen LogP contribution in [0.4, 0.5) is 0 Å². The number of nitrogens with one attached hydrogen (secondary N) is 1. The molecule has 0 bridgehead atoms. The first kappa shape index (κ1) is 9.40. The third kappa shape index (κ3) is 3.04. The lowest BCUT2D eigenvalue weighted by molar-refractivity contribution is 0.498. The highest BCUT2D eigenvalue weighted by atomic mass is 32.2. The Morgan fingerprint density at radius 1 is 1.55 bits per heavy atom. The summed E-state index contributed by atoms with van der Waals surface area (Å²) in [4.78, 5) is 0. The summed E-state index contributed by atoms with van der Waals surface area (Å²) in [6, 6.07) is 0.632. The monoisotopic (exact) mass is 173 g/mol. The normalized spacial score (nSPS) is 31.6. The van der Waals surface area contributed by atoms with Crippen LogP contribution in [-0.4, -0.2) is 23.1 Å². The minimum atomic E-state index is 0.532. The summed E-state index contributed by atoms with van der Waals surface area (Å²) in [7, 11) is 0. The molecule has 0 amide bonds. The molecule has 1 unspecified atom stereocenters. The van der Waals surface area contributed by atoms with Gasteiger partial charge in [-0.2, -0.15) is 11.8 Å². The predicted molar refractivity (Wildman–Crippen MR) is 53.2 cm³/mol. The zero-order chi connectivity index (χ0) is 8.32. The Labute approximate surface area is 74.3 Å². The van der Waals surface area contributed by atoms with Crippen LogP contribution in [0.15, 0.2) is 0 Å². The van der Waals surface area contributed by atoms with E-state index in [2.05, 4.69) is 37.8 Å². The molecule has 0 aromatic rings. The second kappa shape index (κ2) is 3.81. The van der Waals surface area contributed by atoms with E-state index in [1.54, 1.807) is 0 Å². The first-order valence-corrected chi connectivity index (χ1v) is 5.48. The molecule has 1 rings (SSSR count). The quantitative estimate of drug-likeness (QED) is 0.702. The first-order chi connectivity index (χ1) is 5.12. The molecule has 1 saturated heterocycles. The van der Waals surface area contributed by atoms with Crippen LogP contribution in [0.2, 0.25) is 0 Å². The third-order valence-corrected chi connectivity index (χ3v) is 3.72. The molecule has 2 heteroatoms. The van der Waals surface area contributed by atoms with E-state index in [-0.39, 0.29) is 0 Å². The smallest absolute Gasteiger partial charge is 0.0256 e. The van der Waals surface area contributed by atoms with Gasteiger partial charge in [-0.1, -0.05) is 13.8 Å². The second-order valence-electron chi connectivity index (χ2n) is 3.94. The van der Waals surface area contributed by atoms with Gasteiger partial charge >= 0.3 is 0 Å². The molecule has 0 aromatic heterocycles. The van der Waals surface area contributed by atoms with E-state index in [1.165, 1.54) is 25.1 Å². The van der Waals surface area contributed by atoms with Crippen LogP contribution in [0, 0.1) is 0 Å². The van der Waals surface area contributed by atoms with E-state index in [0.29, 0.717) is 10.8 Å². The number of thioether (sulfide) groups is 1. The highest BCUT2D eigenvalue weighted by Gasteiger charge is 2.28. The van der Waals surface area contributed by atoms with Crippen LogP contribution in [0.1, 0.15) is 33.6 Å². The maximum absolute atomic E-state index is 3.51. The van der Waals surface area contributed by atoms with Gasteiger partial charge in [0.1, 0.15) is 0 Å². The summed E-state index contributed by atoms with van der Waals surface area (Å²) in [5.74, 6) is 1.36. The van der Waals surface area contributed by atoms with Gasteiger partial charge in [0, 0.05) is 17.3 Å². The zero-order valence-electron chi connectivity index (χ0n) is 7.81. The van der Waals surface area contributed by atoms with Crippen LogP contribution in [0.5, 0.6) is 0 Å². The van der Waals surface area contributed by atoms with Crippen LogP contribution in [0.3, 0.4) is 0 Å². The molecule has 1 aliphatic rings. The standard InChI is InChI=1S/C9H19NS/c1-8(2)10-7-9(3)5-4-6-11-9/h8,10H,4-7H2,1-3H3. The molecular formula is C9H19NS. The lowest BCUT2D eigenvalue weighted by Crippen LogP contribution is -2.36. The molecule has 1 atom stereocenters. The Hall–Kier alpha value is 0.310. The molecule has 0 spiro atoms. The Morgan fingerprint density at radius 2 is 2.27 bits per heavy atom. The van der Waals surface area contributed by atoms with E-state index in [9.17, 15) is 0 Å². The highest BCUT2D eigenvalue weighted by molar-refractivity contribution is 8.00. The molecule has 0 aromatic carbocycles. The van der Waals surface area contributed by atoms with Gasteiger partial charge in [0.15, 0.2) is 0 Å². The molecule has 0 radical (unpaired) electrons. The van der Waals surface area contributed by atoms with Crippen molar-refractivity contribution in [2.24, 2.45) is 0 Å². The summed E-state index contributed by atoms with van der Waals surface area (Å²) in [5, 5.41) is 3.51. The van der Waals surface area contributed by atoms with E-state index >= 15 is 0 Å². The van der Waals surface area contributed by atoms with Crippen molar-refractivity contribution < 1.29 is 0 Å². The van der Waals surface area contributed by atoms with Crippen LogP contribution < -0.4 is 5.32 Å². The molecular weight excluding hydrogens is 154 g/mol. The summed E-state index contributed by atoms with van der Waals surface area (Å²) in [6.45, 7) is 7.97. The van der Waals surface area contributed by atoms with Crippen molar-refractivity contribution in [3.63, 3.8) is 0 Å². The van der Waals surface area contributed by atoms with E-state index < -0.39 is 0 Å². The molecule has 1 fully saturated rings. The molecule has 0 aliphatic carbocycles. The number of hydrogen-bond donors (Lipinski definition) is 1. The number of rotatable bonds is 3. The van der Waals surface area contributed by atoms with Gasteiger partial charge in [-0.25, -0.2) is 0 Å². The lowest BCUT2D eigenvalue weighted by Gasteiger charge is -2.24. The molecule has 66 valence electrons. The topological polar surface area (TPSA) is 12.0 Å². The van der Waals surface area contributed by atoms with Crippen molar-refractivity contribution in [1.82, 2.24) is 5.32 Å². The Morgan fingerprint density at radius 3 is 2.73 bits per heavy atom.